The summed E-state index contributed by atoms with van der Waals surface area (Å²) < 4.78 is 7.39. The Kier molecular flexibility index (Phi) is 6.07. The molecule has 34 heavy (non-hydrogen) atoms. The number of anilines is 1. The molecule has 0 radical (unpaired) electrons. The smallest absolute Gasteiger partial charge is 0.267 e. The van der Waals surface area contributed by atoms with Crippen molar-refractivity contribution in [2.45, 2.75) is 33.7 Å². The van der Waals surface area contributed by atoms with E-state index in [1.165, 1.54) is 16.7 Å². The molecule has 1 amide bonds. The van der Waals surface area contributed by atoms with Crippen LogP contribution in [0.3, 0.4) is 0 Å². The van der Waals surface area contributed by atoms with Crippen molar-refractivity contribution in [1.29, 1.82) is 0 Å². The van der Waals surface area contributed by atoms with Crippen molar-refractivity contribution in [3.8, 4) is 0 Å². The van der Waals surface area contributed by atoms with E-state index in [0.29, 0.717) is 43.9 Å². The van der Waals surface area contributed by atoms with Gasteiger partial charge in [0.15, 0.2) is 0 Å². The maximum atomic E-state index is 13.7. The average molecular weight is 495 g/mol. The van der Waals surface area contributed by atoms with Gasteiger partial charge in [-0.3, -0.25) is 18.9 Å². The van der Waals surface area contributed by atoms with Gasteiger partial charge in [-0.05, 0) is 55.0 Å². The largest absolute Gasteiger partial charge is 0.467 e. The zero-order valence-corrected chi connectivity index (χ0v) is 21.0. The van der Waals surface area contributed by atoms with E-state index in [-0.39, 0.29) is 18.0 Å². The van der Waals surface area contributed by atoms with Crippen LogP contribution in [0.4, 0.5) is 5.82 Å². The van der Waals surface area contributed by atoms with Gasteiger partial charge in [0.05, 0.1) is 23.3 Å². The fourth-order valence-electron chi connectivity index (χ4n) is 4.83. The molecule has 5 rings (SSSR count). The second-order valence-electron chi connectivity index (χ2n) is 9.24. The molecule has 0 N–H and O–H groups in total. The predicted octanol–water partition coefficient (Wildman–Crippen LogP) is 4.48. The van der Waals surface area contributed by atoms with Gasteiger partial charge in [0, 0.05) is 19.3 Å². The molecule has 2 aliphatic heterocycles. The Morgan fingerprint density at radius 1 is 1.21 bits per heavy atom. The highest BCUT2D eigenvalue weighted by atomic mass is 32.2. The van der Waals surface area contributed by atoms with Crippen LogP contribution in [0.2, 0.25) is 0 Å². The first-order chi connectivity index (χ1) is 16.3. The van der Waals surface area contributed by atoms with Gasteiger partial charge in [-0.25, -0.2) is 4.98 Å². The van der Waals surface area contributed by atoms with Gasteiger partial charge in [-0.15, -0.1) is 0 Å². The summed E-state index contributed by atoms with van der Waals surface area (Å²) >= 11 is 6.68. The molecule has 2 unspecified atom stereocenters. The summed E-state index contributed by atoms with van der Waals surface area (Å²) in [5.41, 5.74) is 1.79. The summed E-state index contributed by atoms with van der Waals surface area (Å²) in [5, 5.41) is 0. The van der Waals surface area contributed by atoms with Crippen molar-refractivity contribution >= 4 is 51.7 Å². The van der Waals surface area contributed by atoms with Crippen LogP contribution in [0, 0.1) is 18.8 Å². The minimum atomic E-state index is -0.230. The Bertz CT molecular complexity index is 1350. The number of aryl methyl sites for hydroxylation is 1. The second kappa shape index (κ2) is 9.03. The number of thiocarbonyl (C=S) groups is 1. The molecule has 0 aromatic carbocycles. The van der Waals surface area contributed by atoms with Crippen LogP contribution in [0.5, 0.6) is 0 Å². The highest BCUT2D eigenvalue weighted by Crippen LogP contribution is 2.35. The van der Waals surface area contributed by atoms with E-state index in [1.54, 1.807) is 35.1 Å². The van der Waals surface area contributed by atoms with Crippen LogP contribution >= 0.6 is 24.0 Å². The highest BCUT2D eigenvalue weighted by Gasteiger charge is 2.34. The van der Waals surface area contributed by atoms with Crippen molar-refractivity contribution in [2.24, 2.45) is 11.8 Å². The lowest BCUT2D eigenvalue weighted by Gasteiger charge is -2.36. The van der Waals surface area contributed by atoms with Gasteiger partial charge in [0.25, 0.3) is 11.5 Å². The molecule has 3 aromatic heterocycles. The van der Waals surface area contributed by atoms with Gasteiger partial charge in [0.1, 0.15) is 21.5 Å². The minimum absolute atomic E-state index is 0.189. The summed E-state index contributed by atoms with van der Waals surface area (Å²) in [5.74, 6) is 2.03. The Labute approximate surface area is 207 Å². The monoisotopic (exact) mass is 494 g/mol. The molecule has 2 fully saturated rings. The molecule has 2 atom stereocenters. The Hall–Kier alpha value is -2.91. The topological polar surface area (TPSA) is 71.1 Å². The number of hydrogen-bond acceptors (Lipinski definition) is 7. The Balaban J connectivity index is 1.61. The number of amides is 1. The molecule has 2 aliphatic rings. The number of rotatable bonds is 4. The molecule has 9 heteroatoms. The van der Waals surface area contributed by atoms with Crippen LogP contribution in [0.25, 0.3) is 11.7 Å². The van der Waals surface area contributed by atoms with E-state index in [2.05, 4.69) is 18.7 Å². The molecule has 0 spiro atoms. The lowest BCUT2D eigenvalue weighted by molar-refractivity contribution is -0.122. The van der Waals surface area contributed by atoms with Crippen LogP contribution in [0.15, 0.2) is 50.8 Å². The van der Waals surface area contributed by atoms with Crippen molar-refractivity contribution < 1.29 is 9.21 Å². The van der Waals surface area contributed by atoms with Gasteiger partial charge >= 0.3 is 0 Å². The number of piperidine rings is 1. The number of furan rings is 1. The normalized spacial score (nSPS) is 22.4. The van der Waals surface area contributed by atoms with Crippen LogP contribution in [-0.4, -0.2) is 37.6 Å². The van der Waals surface area contributed by atoms with E-state index < -0.39 is 0 Å². The first kappa shape index (κ1) is 22.9. The molecule has 7 nitrogen and oxygen atoms in total. The van der Waals surface area contributed by atoms with Gasteiger partial charge in [-0.2, -0.15) is 0 Å². The highest BCUT2D eigenvalue weighted by molar-refractivity contribution is 8.26. The van der Waals surface area contributed by atoms with Gasteiger partial charge < -0.3 is 9.32 Å². The van der Waals surface area contributed by atoms with E-state index in [9.17, 15) is 9.59 Å². The molecule has 0 aliphatic carbocycles. The minimum Gasteiger partial charge on any atom is -0.467 e. The number of thioether (sulfide) groups is 1. The van der Waals surface area contributed by atoms with E-state index in [1.807, 2.05) is 19.1 Å². The fourth-order valence-corrected chi connectivity index (χ4v) is 6.07. The van der Waals surface area contributed by atoms with Crippen molar-refractivity contribution in [1.82, 2.24) is 14.3 Å². The quantitative estimate of drug-likeness (QED) is 0.391. The second-order valence-corrected chi connectivity index (χ2v) is 10.9. The molecule has 2 saturated heterocycles. The average Bonchev–Trinajstić information content (AvgIpc) is 3.39. The zero-order chi connectivity index (χ0) is 24.0. The summed E-state index contributed by atoms with van der Waals surface area (Å²) in [7, 11) is 0. The van der Waals surface area contributed by atoms with Crippen LogP contribution in [-0.2, 0) is 11.3 Å². The summed E-state index contributed by atoms with van der Waals surface area (Å²) in [6.45, 7) is 8.30. The Morgan fingerprint density at radius 3 is 2.68 bits per heavy atom. The number of aromatic nitrogens is 2. The maximum absolute atomic E-state index is 13.7. The number of hydrogen-bond donors (Lipinski definition) is 0. The van der Waals surface area contributed by atoms with Crippen LogP contribution in [0.1, 0.15) is 37.2 Å². The molecular formula is C25H26N4O3S2. The molecule has 176 valence electrons. The molecule has 0 saturated carbocycles. The molecule has 5 heterocycles. The molecule has 3 aromatic rings. The third kappa shape index (κ3) is 4.18. The SMILES string of the molecule is Cc1cccn2c(=O)c(/C=C3\SC(=S)N(Cc4ccco4)C3=O)c(N3CC(C)CC(C)C3)nc12. The zero-order valence-electron chi connectivity index (χ0n) is 19.4. The summed E-state index contributed by atoms with van der Waals surface area (Å²) in [4.78, 5) is 36.0. The third-order valence-corrected chi connectivity index (χ3v) is 7.65. The summed E-state index contributed by atoms with van der Waals surface area (Å²) in [6, 6.07) is 7.37. The van der Waals surface area contributed by atoms with Gasteiger partial charge in [0.2, 0.25) is 0 Å². The van der Waals surface area contributed by atoms with E-state index >= 15 is 0 Å². The number of carbonyl (C=O) groups excluding carboxylic acids is 1. The van der Waals surface area contributed by atoms with E-state index in [0.717, 1.165) is 25.1 Å². The number of fused-ring (bicyclic) bond motifs is 1. The van der Waals surface area contributed by atoms with Crippen molar-refractivity contribution in [3.63, 3.8) is 0 Å². The van der Waals surface area contributed by atoms with Crippen molar-refractivity contribution in [2.75, 3.05) is 18.0 Å². The Morgan fingerprint density at radius 2 is 1.97 bits per heavy atom. The van der Waals surface area contributed by atoms with E-state index in [4.69, 9.17) is 21.6 Å². The maximum Gasteiger partial charge on any atom is 0.267 e. The first-order valence-electron chi connectivity index (χ1n) is 11.4. The van der Waals surface area contributed by atoms with Gasteiger partial charge in [-0.1, -0.05) is 43.9 Å². The number of pyridine rings is 1. The lowest BCUT2D eigenvalue weighted by atomic mass is 9.91. The van der Waals surface area contributed by atoms with Crippen LogP contribution < -0.4 is 10.5 Å². The molecular weight excluding hydrogens is 468 g/mol. The number of carbonyl (C=O) groups is 1. The van der Waals surface area contributed by atoms with Crippen molar-refractivity contribution in [3.05, 3.63) is 68.9 Å². The molecule has 0 bridgehead atoms. The number of nitrogens with zero attached hydrogens (tertiary/aromatic N) is 4. The lowest BCUT2D eigenvalue weighted by Crippen LogP contribution is -2.40. The predicted molar refractivity (Wildman–Crippen MR) is 139 cm³/mol. The standard InChI is InChI=1S/C25H26N4O3S2/c1-15-10-16(2)13-27(12-15)22-19(23(30)28-8-4-6-17(3)21(28)26-22)11-20-24(31)29(25(33)34-20)14-18-7-5-9-32-18/h4-9,11,15-16H,10,12-14H2,1-3H3/b20-11-. The first-order valence-corrected chi connectivity index (χ1v) is 12.6. The third-order valence-electron chi connectivity index (χ3n) is 6.28. The summed E-state index contributed by atoms with van der Waals surface area (Å²) in [6.07, 6.45) is 6.11. The fraction of sp³-hybridized carbons (Fsp3) is 0.360.